The lowest BCUT2D eigenvalue weighted by atomic mass is 10.1. The number of carbonyl (C=O) groups is 2. The van der Waals surface area contributed by atoms with Crippen LogP contribution in [0, 0.1) is 5.92 Å². The minimum Gasteiger partial charge on any atom is -0.354 e. The Hall–Kier alpha value is -2.58. The first-order chi connectivity index (χ1) is 16.5. The normalized spacial score (nSPS) is 12.3. The van der Waals surface area contributed by atoms with Gasteiger partial charge in [0.2, 0.25) is 21.8 Å². The van der Waals surface area contributed by atoms with Crippen LogP contribution in [0.2, 0.25) is 5.02 Å². The first kappa shape index (κ1) is 28.7. The SMILES string of the molecule is CCc1ccc(N(CC(=O)N(Cc2ccc(Cl)cc2)[C@H](CC)C(=O)NCC(C)C)S(C)(=O)=O)cc1. The topological polar surface area (TPSA) is 86.8 Å². The smallest absolute Gasteiger partial charge is 0.244 e. The molecule has 7 nitrogen and oxygen atoms in total. The number of hydrogen-bond acceptors (Lipinski definition) is 4. The third-order valence-corrected chi connectivity index (χ3v) is 7.04. The standard InChI is InChI=1S/C26H36ClN3O4S/c1-6-20-10-14-23(15-11-20)30(35(5,33)34)18-25(31)29(17-21-8-12-22(27)13-9-21)24(7-2)26(32)28-16-19(3)4/h8-15,19,24H,6-7,16-18H2,1-5H3,(H,28,32)/t24-/m1/s1. The van der Waals surface area contributed by atoms with Gasteiger partial charge in [0.15, 0.2) is 0 Å². The zero-order valence-corrected chi connectivity index (χ0v) is 22.7. The molecule has 0 saturated heterocycles. The van der Waals surface area contributed by atoms with Crippen molar-refractivity contribution in [3.63, 3.8) is 0 Å². The van der Waals surface area contributed by atoms with Crippen molar-refractivity contribution in [2.24, 2.45) is 5.92 Å². The number of rotatable bonds is 12. The molecule has 0 aromatic heterocycles. The van der Waals surface area contributed by atoms with E-state index in [2.05, 4.69) is 5.32 Å². The van der Waals surface area contributed by atoms with Gasteiger partial charge >= 0.3 is 0 Å². The van der Waals surface area contributed by atoms with Crippen LogP contribution in [0.5, 0.6) is 0 Å². The van der Waals surface area contributed by atoms with E-state index in [9.17, 15) is 18.0 Å². The number of carbonyl (C=O) groups excluding carboxylic acids is 2. The average Bonchev–Trinajstić information content (AvgIpc) is 2.81. The predicted molar refractivity (Wildman–Crippen MR) is 142 cm³/mol. The van der Waals surface area contributed by atoms with Gasteiger partial charge in [-0.05, 0) is 54.2 Å². The summed E-state index contributed by atoms with van der Waals surface area (Å²) >= 11 is 6.01. The van der Waals surface area contributed by atoms with Crippen molar-refractivity contribution >= 4 is 39.1 Å². The molecule has 2 rings (SSSR count). The lowest BCUT2D eigenvalue weighted by Gasteiger charge is -2.33. The van der Waals surface area contributed by atoms with Gasteiger partial charge in [-0.15, -0.1) is 0 Å². The molecule has 9 heteroatoms. The van der Waals surface area contributed by atoms with Crippen molar-refractivity contribution in [3.05, 3.63) is 64.7 Å². The Balaban J connectivity index is 2.40. The fraction of sp³-hybridized carbons (Fsp3) is 0.462. The Morgan fingerprint density at radius 2 is 1.54 bits per heavy atom. The Labute approximate surface area is 214 Å². The minimum absolute atomic E-state index is 0.149. The molecular formula is C26H36ClN3O4S. The third kappa shape index (κ3) is 8.54. The van der Waals surface area contributed by atoms with Crippen molar-refractivity contribution in [2.75, 3.05) is 23.7 Å². The maximum absolute atomic E-state index is 13.6. The summed E-state index contributed by atoms with van der Waals surface area (Å²) in [6.45, 7) is 8.05. The molecule has 192 valence electrons. The van der Waals surface area contributed by atoms with Crippen LogP contribution in [-0.2, 0) is 32.6 Å². The summed E-state index contributed by atoms with van der Waals surface area (Å²) in [5.41, 5.74) is 2.25. The van der Waals surface area contributed by atoms with Crippen LogP contribution in [0.15, 0.2) is 48.5 Å². The number of aryl methyl sites for hydroxylation is 1. The second kappa shape index (κ2) is 12.9. The van der Waals surface area contributed by atoms with Gasteiger partial charge in [0.05, 0.1) is 11.9 Å². The van der Waals surface area contributed by atoms with Gasteiger partial charge < -0.3 is 10.2 Å². The van der Waals surface area contributed by atoms with E-state index in [4.69, 9.17) is 11.6 Å². The summed E-state index contributed by atoms with van der Waals surface area (Å²) in [5.74, 6) is -0.470. The van der Waals surface area contributed by atoms with Crippen LogP contribution in [0.4, 0.5) is 5.69 Å². The number of halogens is 1. The summed E-state index contributed by atoms with van der Waals surface area (Å²) in [6.07, 6.45) is 2.27. The minimum atomic E-state index is -3.75. The fourth-order valence-electron chi connectivity index (χ4n) is 3.64. The van der Waals surface area contributed by atoms with Crippen LogP contribution >= 0.6 is 11.6 Å². The molecule has 0 unspecified atom stereocenters. The first-order valence-corrected chi connectivity index (χ1v) is 14.1. The Bertz CT molecular complexity index is 1090. The Morgan fingerprint density at radius 1 is 0.971 bits per heavy atom. The van der Waals surface area contributed by atoms with Crippen molar-refractivity contribution in [2.45, 2.75) is 53.1 Å². The number of nitrogens with one attached hydrogen (secondary N) is 1. The van der Waals surface area contributed by atoms with Gasteiger partial charge in [-0.25, -0.2) is 8.42 Å². The molecule has 0 spiro atoms. The molecule has 2 aromatic carbocycles. The molecule has 0 aliphatic carbocycles. The zero-order valence-electron chi connectivity index (χ0n) is 21.1. The molecule has 0 heterocycles. The molecule has 1 atom stereocenters. The highest BCUT2D eigenvalue weighted by Gasteiger charge is 2.31. The fourth-order valence-corrected chi connectivity index (χ4v) is 4.62. The molecule has 0 aliphatic heterocycles. The average molecular weight is 522 g/mol. The maximum atomic E-state index is 13.6. The zero-order chi connectivity index (χ0) is 26.2. The largest absolute Gasteiger partial charge is 0.354 e. The Morgan fingerprint density at radius 3 is 2.03 bits per heavy atom. The molecule has 0 fully saturated rings. The molecule has 0 radical (unpaired) electrons. The second-order valence-corrected chi connectivity index (χ2v) is 11.3. The summed E-state index contributed by atoms with van der Waals surface area (Å²) in [5, 5.41) is 3.47. The highest BCUT2D eigenvalue weighted by atomic mass is 35.5. The lowest BCUT2D eigenvalue weighted by molar-refractivity contribution is -0.140. The molecule has 2 aromatic rings. The molecule has 0 bridgehead atoms. The van der Waals surface area contributed by atoms with Gasteiger partial charge in [-0.3, -0.25) is 13.9 Å². The van der Waals surface area contributed by atoms with E-state index < -0.39 is 28.5 Å². The van der Waals surface area contributed by atoms with E-state index in [1.165, 1.54) is 4.90 Å². The molecular weight excluding hydrogens is 486 g/mol. The maximum Gasteiger partial charge on any atom is 0.244 e. The quantitative estimate of drug-likeness (QED) is 0.452. The number of benzene rings is 2. The molecule has 0 saturated carbocycles. The van der Waals surface area contributed by atoms with Crippen LogP contribution < -0.4 is 9.62 Å². The monoisotopic (exact) mass is 521 g/mol. The van der Waals surface area contributed by atoms with E-state index in [0.29, 0.717) is 23.7 Å². The second-order valence-electron chi connectivity index (χ2n) is 9.00. The highest BCUT2D eigenvalue weighted by molar-refractivity contribution is 7.92. The molecule has 1 N–H and O–H groups in total. The number of nitrogens with zero attached hydrogens (tertiary/aromatic N) is 2. The van der Waals surface area contributed by atoms with Gasteiger partial charge in [-0.2, -0.15) is 0 Å². The number of anilines is 1. The van der Waals surface area contributed by atoms with E-state index in [1.54, 1.807) is 36.4 Å². The van der Waals surface area contributed by atoms with Gasteiger partial charge in [0, 0.05) is 18.1 Å². The molecule has 2 amide bonds. The lowest BCUT2D eigenvalue weighted by Crippen LogP contribution is -2.52. The van der Waals surface area contributed by atoms with Crippen molar-refractivity contribution in [1.82, 2.24) is 10.2 Å². The number of amides is 2. The van der Waals surface area contributed by atoms with Crippen LogP contribution in [0.1, 0.15) is 45.2 Å². The van der Waals surface area contributed by atoms with Gasteiger partial charge in [0.25, 0.3) is 0 Å². The van der Waals surface area contributed by atoms with Crippen LogP contribution in [0.3, 0.4) is 0 Å². The molecule has 35 heavy (non-hydrogen) atoms. The predicted octanol–water partition coefficient (Wildman–Crippen LogP) is 4.25. The Kier molecular flexibility index (Phi) is 10.6. The summed E-state index contributed by atoms with van der Waals surface area (Å²) < 4.78 is 26.4. The van der Waals surface area contributed by atoms with Crippen LogP contribution in [0.25, 0.3) is 0 Å². The molecule has 0 aliphatic rings. The number of sulfonamides is 1. The van der Waals surface area contributed by atoms with E-state index >= 15 is 0 Å². The van der Waals surface area contributed by atoms with Crippen LogP contribution in [-0.4, -0.2) is 50.5 Å². The van der Waals surface area contributed by atoms with Gasteiger partial charge in [0.1, 0.15) is 12.6 Å². The van der Waals surface area contributed by atoms with E-state index in [0.717, 1.165) is 28.1 Å². The highest BCUT2D eigenvalue weighted by Crippen LogP contribution is 2.21. The number of hydrogen-bond donors (Lipinski definition) is 1. The van der Waals surface area contributed by atoms with Crippen molar-refractivity contribution in [3.8, 4) is 0 Å². The van der Waals surface area contributed by atoms with E-state index in [-0.39, 0.29) is 18.4 Å². The third-order valence-electron chi connectivity index (χ3n) is 5.65. The van der Waals surface area contributed by atoms with Crippen molar-refractivity contribution in [1.29, 1.82) is 0 Å². The summed E-state index contributed by atoms with van der Waals surface area (Å²) in [4.78, 5) is 28.1. The summed E-state index contributed by atoms with van der Waals surface area (Å²) in [7, 11) is -3.75. The summed E-state index contributed by atoms with van der Waals surface area (Å²) in [6, 6.07) is 13.4. The van der Waals surface area contributed by atoms with Crippen molar-refractivity contribution < 1.29 is 18.0 Å². The van der Waals surface area contributed by atoms with Gasteiger partial charge in [-0.1, -0.05) is 63.6 Å². The van der Waals surface area contributed by atoms with E-state index in [1.807, 2.05) is 39.8 Å². The first-order valence-electron chi connectivity index (χ1n) is 11.8.